The molecule has 7 heteroatoms. The molecule has 4 aromatic rings. The number of carbonyl (C=O) groups excluding carboxylic acids is 2. The molecule has 0 fully saturated rings. The van der Waals surface area contributed by atoms with Crippen LogP contribution in [0.5, 0.6) is 5.75 Å². The van der Waals surface area contributed by atoms with Crippen molar-refractivity contribution in [2.24, 2.45) is 5.92 Å². The maximum Gasteiger partial charge on any atom is 0.258 e. The summed E-state index contributed by atoms with van der Waals surface area (Å²) in [5, 5.41) is 12.9. The van der Waals surface area contributed by atoms with Crippen molar-refractivity contribution in [3.8, 4) is 16.9 Å². The average Bonchev–Trinajstić information content (AvgIpc) is 3.04. The SMILES string of the molecule is C[C@@H]1CN([C@@H](C)CO)C(=O)c2cc(NC(=O)Cc3ccccc3)ccc2O[C@H]1CN(C)Cc1ccc(-c2ccccc2)cc1. The number of anilines is 1. The van der Waals surface area contributed by atoms with Crippen molar-refractivity contribution in [2.45, 2.75) is 39.0 Å². The number of ether oxygens (including phenoxy) is 1. The van der Waals surface area contributed by atoms with Gasteiger partial charge in [-0.2, -0.15) is 0 Å². The summed E-state index contributed by atoms with van der Waals surface area (Å²) >= 11 is 0. The highest BCUT2D eigenvalue weighted by atomic mass is 16.5. The number of fused-ring (bicyclic) bond motifs is 1. The Balaban J connectivity index is 1.32. The van der Waals surface area contributed by atoms with Gasteiger partial charge in [-0.1, -0.05) is 91.9 Å². The molecule has 0 saturated heterocycles. The number of amides is 2. The summed E-state index contributed by atoms with van der Waals surface area (Å²) in [5.41, 5.74) is 5.39. The third-order valence-electron chi connectivity index (χ3n) is 8.16. The van der Waals surface area contributed by atoms with Crippen LogP contribution in [-0.2, 0) is 17.8 Å². The fourth-order valence-electron chi connectivity index (χ4n) is 5.62. The molecule has 7 nitrogen and oxygen atoms in total. The van der Waals surface area contributed by atoms with Crippen molar-refractivity contribution < 1.29 is 19.4 Å². The van der Waals surface area contributed by atoms with Gasteiger partial charge in [-0.3, -0.25) is 14.5 Å². The van der Waals surface area contributed by atoms with Crippen LogP contribution in [0.4, 0.5) is 5.69 Å². The smallest absolute Gasteiger partial charge is 0.258 e. The summed E-state index contributed by atoms with van der Waals surface area (Å²) in [7, 11) is 2.07. The highest BCUT2D eigenvalue weighted by Gasteiger charge is 2.33. The third kappa shape index (κ3) is 7.73. The Bertz CT molecular complexity index is 1540. The third-order valence-corrected chi connectivity index (χ3v) is 8.16. The molecule has 0 saturated carbocycles. The van der Waals surface area contributed by atoms with Crippen LogP contribution in [0.15, 0.2) is 103 Å². The van der Waals surface area contributed by atoms with Crippen molar-refractivity contribution in [1.29, 1.82) is 0 Å². The first-order chi connectivity index (χ1) is 21.3. The zero-order valence-corrected chi connectivity index (χ0v) is 25.6. The van der Waals surface area contributed by atoms with E-state index in [9.17, 15) is 14.7 Å². The second-order valence-corrected chi connectivity index (χ2v) is 11.8. The van der Waals surface area contributed by atoms with E-state index in [1.165, 1.54) is 16.7 Å². The monoisotopic (exact) mass is 591 g/mol. The molecule has 228 valence electrons. The first-order valence-corrected chi connectivity index (χ1v) is 15.2. The maximum atomic E-state index is 13.8. The van der Waals surface area contributed by atoms with Crippen LogP contribution >= 0.6 is 0 Å². The van der Waals surface area contributed by atoms with E-state index >= 15 is 0 Å². The van der Waals surface area contributed by atoms with Crippen LogP contribution in [0.3, 0.4) is 0 Å². The average molecular weight is 592 g/mol. The number of rotatable bonds is 10. The molecular weight excluding hydrogens is 550 g/mol. The molecular formula is C37H41N3O4. The topological polar surface area (TPSA) is 82.1 Å². The van der Waals surface area contributed by atoms with Crippen molar-refractivity contribution in [2.75, 3.05) is 32.1 Å². The number of hydrogen-bond acceptors (Lipinski definition) is 5. The quantitative estimate of drug-likeness (QED) is 0.241. The summed E-state index contributed by atoms with van der Waals surface area (Å²) < 4.78 is 6.56. The van der Waals surface area contributed by atoms with Crippen LogP contribution in [0.25, 0.3) is 11.1 Å². The molecule has 2 N–H and O–H groups in total. The molecule has 0 unspecified atom stereocenters. The van der Waals surface area contributed by atoms with E-state index in [0.29, 0.717) is 30.1 Å². The summed E-state index contributed by atoms with van der Waals surface area (Å²) in [6.07, 6.45) is 0.0269. The van der Waals surface area contributed by atoms with E-state index in [1.807, 2.05) is 55.5 Å². The Morgan fingerprint density at radius 1 is 0.955 bits per heavy atom. The Morgan fingerprint density at radius 3 is 2.30 bits per heavy atom. The summed E-state index contributed by atoms with van der Waals surface area (Å²) in [4.78, 5) is 30.5. The van der Waals surface area contributed by atoms with Gasteiger partial charge in [-0.25, -0.2) is 0 Å². The van der Waals surface area contributed by atoms with Gasteiger partial charge in [0.1, 0.15) is 11.9 Å². The fourth-order valence-corrected chi connectivity index (χ4v) is 5.62. The second kappa shape index (κ2) is 14.3. The van der Waals surface area contributed by atoms with Gasteiger partial charge in [0.25, 0.3) is 5.91 Å². The highest BCUT2D eigenvalue weighted by Crippen LogP contribution is 2.31. The lowest BCUT2D eigenvalue weighted by molar-refractivity contribution is -0.115. The van der Waals surface area contributed by atoms with E-state index in [4.69, 9.17) is 4.74 Å². The number of likely N-dealkylation sites (N-methyl/N-ethyl adjacent to an activating group) is 1. The lowest BCUT2D eigenvalue weighted by Gasteiger charge is -2.38. The van der Waals surface area contributed by atoms with E-state index in [0.717, 1.165) is 12.1 Å². The lowest BCUT2D eigenvalue weighted by Crippen LogP contribution is -2.49. The normalized spacial score (nSPS) is 17.3. The van der Waals surface area contributed by atoms with Gasteiger partial charge >= 0.3 is 0 Å². The minimum absolute atomic E-state index is 0.00857. The number of nitrogens with zero attached hydrogens (tertiary/aromatic N) is 2. The number of nitrogens with one attached hydrogen (secondary N) is 1. The zero-order chi connectivity index (χ0) is 31.1. The fraction of sp³-hybridized carbons (Fsp3) is 0.297. The van der Waals surface area contributed by atoms with Crippen molar-refractivity contribution >= 4 is 17.5 Å². The summed E-state index contributed by atoms with van der Waals surface area (Å²) in [6, 6.07) is 33.3. The van der Waals surface area contributed by atoms with E-state index in [2.05, 4.69) is 60.6 Å². The molecule has 0 radical (unpaired) electrons. The second-order valence-electron chi connectivity index (χ2n) is 11.8. The van der Waals surface area contributed by atoms with E-state index < -0.39 is 0 Å². The van der Waals surface area contributed by atoms with Crippen LogP contribution in [0, 0.1) is 5.92 Å². The minimum atomic E-state index is -0.367. The van der Waals surface area contributed by atoms with Crippen molar-refractivity contribution in [3.05, 3.63) is 120 Å². The molecule has 0 aromatic heterocycles. The van der Waals surface area contributed by atoms with Crippen LogP contribution < -0.4 is 10.1 Å². The Hall–Kier alpha value is -4.46. The Labute approximate surface area is 260 Å². The van der Waals surface area contributed by atoms with Gasteiger partial charge in [-0.15, -0.1) is 0 Å². The standard InChI is InChI=1S/C37H41N3O4/c1-26-22-40(27(2)25-41)37(43)33-21-32(38-36(42)20-28-10-6-4-7-11-28)18-19-34(33)44-35(26)24-39(3)23-29-14-16-31(17-15-29)30-12-8-5-9-13-30/h4-19,21,26-27,35,41H,20,22-25H2,1-3H3,(H,38,42)/t26-,27+,35+/m1/s1. The van der Waals surface area contributed by atoms with Crippen LogP contribution in [0.2, 0.25) is 0 Å². The molecule has 1 aliphatic heterocycles. The number of carbonyl (C=O) groups is 2. The molecule has 5 rings (SSSR count). The summed E-state index contributed by atoms with van der Waals surface area (Å²) in [5.74, 6) is 0.0938. The van der Waals surface area contributed by atoms with Gasteiger partial charge in [0.2, 0.25) is 5.91 Å². The highest BCUT2D eigenvalue weighted by molar-refractivity contribution is 6.00. The molecule has 0 bridgehead atoms. The van der Waals surface area contributed by atoms with Crippen LogP contribution in [0.1, 0.15) is 35.3 Å². The first-order valence-electron chi connectivity index (χ1n) is 15.2. The first kappa shape index (κ1) is 31.0. The van der Waals surface area contributed by atoms with Crippen LogP contribution in [-0.4, -0.2) is 65.6 Å². The molecule has 0 spiro atoms. The minimum Gasteiger partial charge on any atom is -0.488 e. The van der Waals surface area contributed by atoms with Gasteiger partial charge in [-0.05, 0) is 54.4 Å². The van der Waals surface area contributed by atoms with Gasteiger partial charge in [0.05, 0.1) is 24.6 Å². The molecule has 1 aliphatic rings. The molecule has 3 atom stereocenters. The predicted octanol–water partition coefficient (Wildman–Crippen LogP) is 5.89. The molecule has 44 heavy (non-hydrogen) atoms. The van der Waals surface area contributed by atoms with Gasteiger partial charge < -0.3 is 20.1 Å². The largest absolute Gasteiger partial charge is 0.488 e. The number of aliphatic hydroxyl groups excluding tert-OH is 1. The van der Waals surface area contributed by atoms with Gasteiger partial charge in [0.15, 0.2) is 0 Å². The van der Waals surface area contributed by atoms with Crippen molar-refractivity contribution in [1.82, 2.24) is 9.80 Å². The Kier molecular flexibility index (Phi) is 10.1. The molecule has 0 aliphatic carbocycles. The predicted molar refractivity (Wildman–Crippen MR) is 175 cm³/mol. The zero-order valence-electron chi connectivity index (χ0n) is 25.6. The molecule has 1 heterocycles. The van der Waals surface area contributed by atoms with Crippen molar-refractivity contribution in [3.63, 3.8) is 0 Å². The van der Waals surface area contributed by atoms with E-state index in [1.54, 1.807) is 23.1 Å². The van der Waals surface area contributed by atoms with Gasteiger partial charge in [0, 0.05) is 31.2 Å². The molecule has 2 amide bonds. The number of hydrogen-bond donors (Lipinski definition) is 2. The number of benzene rings is 4. The van der Waals surface area contributed by atoms with E-state index in [-0.39, 0.29) is 42.9 Å². The number of aliphatic hydroxyl groups is 1. The molecule has 4 aromatic carbocycles. The maximum absolute atomic E-state index is 13.8. The Morgan fingerprint density at radius 2 is 1.61 bits per heavy atom. The summed E-state index contributed by atoms with van der Waals surface area (Å²) in [6.45, 7) is 5.61. The lowest BCUT2D eigenvalue weighted by atomic mass is 9.99.